The third-order valence-electron chi connectivity index (χ3n) is 6.54. The molecule has 1 amide bonds. The van der Waals surface area contributed by atoms with Crippen molar-refractivity contribution in [1.29, 1.82) is 0 Å². The molecule has 2 atom stereocenters. The highest BCUT2D eigenvalue weighted by atomic mass is 32.2. The number of rotatable bonds is 2. The Hall–Kier alpha value is -3.20. The average molecular weight is 486 g/mol. The summed E-state index contributed by atoms with van der Waals surface area (Å²) in [4.78, 5) is 27.6. The van der Waals surface area contributed by atoms with Gasteiger partial charge in [-0.1, -0.05) is 42.5 Å². The monoisotopic (exact) mass is 485 g/mol. The molecule has 9 heteroatoms. The van der Waals surface area contributed by atoms with E-state index < -0.39 is 29.6 Å². The predicted molar refractivity (Wildman–Crippen MR) is 124 cm³/mol. The van der Waals surface area contributed by atoms with E-state index in [0.29, 0.717) is 0 Å². The molecule has 0 radical (unpaired) electrons. The van der Waals surface area contributed by atoms with Crippen LogP contribution in [0.25, 0.3) is 0 Å². The van der Waals surface area contributed by atoms with Gasteiger partial charge in [-0.15, -0.1) is 11.8 Å². The summed E-state index contributed by atoms with van der Waals surface area (Å²) in [5, 5.41) is 1.76. The lowest BCUT2D eigenvalue weighted by Gasteiger charge is -2.46. The van der Waals surface area contributed by atoms with Gasteiger partial charge in [-0.05, 0) is 36.6 Å². The summed E-state index contributed by atoms with van der Waals surface area (Å²) in [7, 11) is 0. The van der Waals surface area contributed by atoms with Crippen LogP contribution in [0.5, 0.6) is 0 Å². The van der Waals surface area contributed by atoms with Crippen molar-refractivity contribution in [2.45, 2.75) is 42.8 Å². The van der Waals surface area contributed by atoms with E-state index in [9.17, 15) is 22.8 Å². The van der Waals surface area contributed by atoms with E-state index in [1.807, 2.05) is 48.5 Å². The molecule has 2 aromatic carbocycles. The van der Waals surface area contributed by atoms with E-state index >= 15 is 0 Å². The van der Waals surface area contributed by atoms with E-state index in [0.717, 1.165) is 39.2 Å². The Morgan fingerprint density at radius 2 is 1.68 bits per heavy atom. The first-order valence-corrected chi connectivity index (χ1v) is 11.8. The molecule has 2 aliphatic rings. The van der Waals surface area contributed by atoms with Crippen LogP contribution in [-0.2, 0) is 5.75 Å². The predicted octanol–water partition coefficient (Wildman–Crippen LogP) is 4.85. The molecule has 3 aromatic rings. The number of benzene rings is 2. The zero-order chi connectivity index (χ0) is 24.2. The maximum absolute atomic E-state index is 13.8. The molecule has 0 fully saturated rings. The lowest BCUT2D eigenvalue weighted by atomic mass is 9.94. The van der Waals surface area contributed by atoms with E-state index in [-0.39, 0.29) is 17.9 Å². The second kappa shape index (κ2) is 8.23. The minimum absolute atomic E-state index is 0.0401. The molecule has 1 aromatic heterocycles. The SMILES string of the molecule is Cc1c2n(ccc1=O)N([C@H]1c3ccccc3CSc3ccccc31)CN([C@@H](C)C(F)(F)F)C2=O. The summed E-state index contributed by atoms with van der Waals surface area (Å²) >= 11 is 1.67. The average Bonchev–Trinajstić information content (AvgIpc) is 2.97. The number of nitrogens with zero attached hydrogens (tertiary/aromatic N) is 3. The van der Waals surface area contributed by atoms with Gasteiger partial charge in [0.2, 0.25) is 0 Å². The summed E-state index contributed by atoms with van der Waals surface area (Å²) in [6.07, 6.45) is -3.12. The van der Waals surface area contributed by atoms with Crippen LogP contribution in [0.1, 0.15) is 45.7 Å². The quantitative estimate of drug-likeness (QED) is 0.521. The van der Waals surface area contributed by atoms with Crippen LogP contribution in [0.3, 0.4) is 0 Å². The lowest BCUT2D eigenvalue weighted by Crippen LogP contribution is -2.60. The number of halogens is 3. The Morgan fingerprint density at radius 1 is 1.00 bits per heavy atom. The molecule has 5 nitrogen and oxygen atoms in total. The van der Waals surface area contributed by atoms with Crippen molar-refractivity contribution < 1.29 is 18.0 Å². The van der Waals surface area contributed by atoms with Gasteiger partial charge in [0.1, 0.15) is 18.4 Å². The lowest BCUT2D eigenvalue weighted by molar-refractivity contribution is -0.173. The summed E-state index contributed by atoms with van der Waals surface area (Å²) in [6.45, 7) is 2.18. The van der Waals surface area contributed by atoms with Crippen molar-refractivity contribution in [3.63, 3.8) is 0 Å². The van der Waals surface area contributed by atoms with Crippen LogP contribution in [0.4, 0.5) is 13.2 Å². The number of hydrogen-bond acceptors (Lipinski definition) is 4. The fourth-order valence-electron chi connectivity index (χ4n) is 4.62. The molecule has 0 saturated heterocycles. The molecule has 5 rings (SSSR count). The molecule has 3 heterocycles. The molecular formula is C25H22F3N3O2S. The highest BCUT2D eigenvalue weighted by Crippen LogP contribution is 2.43. The third-order valence-corrected chi connectivity index (χ3v) is 7.68. The third kappa shape index (κ3) is 3.58. The number of pyridine rings is 1. The van der Waals surface area contributed by atoms with Gasteiger partial charge >= 0.3 is 6.18 Å². The summed E-state index contributed by atoms with van der Waals surface area (Å²) in [5.74, 6) is -0.0873. The summed E-state index contributed by atoms with van der Waals surface area (Å²) in [6, 6.07) is 14.5. The Kier molecular flexibility index (Phi) is 5.47. The van der Waals surface area contributed by atoms with E-state index in [1.54, 1.807) is 21.4 Å². The van der Waals surface area contributed by atoms with Gasteiger partial charge in [0.15, 0.2) is 5.43 Å². The second-order valence-corrected chi connectivity index (χ2v) is 9.52. The second-order valence-electron chi connectivity index (χ2n) is 8.50. The van der Waals surface area contributed by atoms with E-state index in [2.05, 4.69) is 0 Å². The fraction of sp³-hybridized carbons (Fsp3) is 0.280. The molecule has 0 spiro atoms. The maximum atomic E-state index is 13.8. The van der Waals surface area contributed by atoms with Crippen molar-refractivity contribution in [1.82, 2.24) is 9.58 Å². The van der Waals surface area contributed by atoms with Crippen molar-refractivity contribution in [3.05, 3.63) is 99.0 Å². The van der Waals surface area contributed by atoms with Crippen molar-refractivity contribution >= 4 is 17.7 Å². The van der Waals surface area contributed by atoms with Gasteiger partial charge in [0.25, 0.3) is 5.91 Å². The van der Waals surface area contributed by atoms with Gasteiger partial charge in [0, 0.05) is 28.5 Å². The van der Waals surface area contributed by atoms with Crippen LogP contribution < -0.4 is 10.4 Å². The van der Waals surface area contributed by atoms with Crippen LogP contribution in [0.15, 0.2) is 70.5 Å². The zero-order valence-corrected chi connectivity index (χ0v) is 19.4. The first-order chi connectivity index (χ1) is 16.2. The molecular weight excluding hydrogens is 463 g/mol. The molecule has 34 heavy (non-hydrogen) atoms. The number of fused-ring (bicyclic) bond motifs is 3. The Bertz CT molecular complexity index is 1290. The van der Waals surface area contributed by atoms with Gasteiger partial charge in [-0.25, -0.2) is 0 Å². The van der Waals surface area contributed by atoms with Crippen LogP contribution in [0.2, 0.25) is 0 Å². The minimum Gasteiger partial charge on any atom is -0.306 e. The number of amides is 1. The standard InChI is InChI=1S/C25H22F3N3O2S/c1-15-20(32)11-12-30-22(15)24(33)29(16(2)25(26,27)28)14-31(30)23-18-8-4-3-7-17(18)13-34-21-10-6-5-9-19(21)23/h3-12,16,23H,13-14H2,1-2H3/t16-,23-/m0/s1. The smallest absolute Gasteiger partial charge is 0.306 e. The highest BCUT2D eigenvalue weighted by molar-refractivity contribution is 7.98. The van der Waals surface area contributed by atoms with Crippen LogP contribution in [0, 0.1) is 6.92 Å². The van der Waals surface area contributed by atoms with Crippen molar-refractivity contribution in [3.8, 4) is 0 Å². The van der Waals surface area contributed by atoms with E-state index in [1.165, 1.54) is 19.2 Å². The van der Waals surface area contributed by atoms with Crippen LogP contribution >= 0.6 is 11.8 Å². The summed E-state index contributed by atoms with van der Waals surface area (Å²) in [5.41, 5.74) is 2.66. The van der Waals surface area contributed by atoms with Gasteiger partial charge in [-0.3, -0.25) is 19.3 Å². The first kappa shape index (κ1) is 22.6. The number of thioether (sulfide) groups is 1. The topological polar surface area (TPSA) is 45.6 Å². The van der Waals surface area contributed by atoms with Gasteiger partial charge < -0.3 is 4.90 Å². The number of alkyl halides is 3. The summed E-state index contributed by atoms with van der Waals surface area (Å²) < 4.78 is 42.9. The van der Waals surface area contributed by atoms with Crippen molar-refractivity contribution in [2.24, 2.45) is 0 Å². The van der Waals surface area contributed by atoms with Gasteiger partial charge in [-0.2, -0.15) is 13.2 Å². The number of aromatic nitrogens is 1. The molecule has 0 saturated carbocycles. The van der Waals surface area contributed by atoms with Crippen LogP contribution in [-0.4, -0.2) is 34.4 Å². The molecule has 0 bridgehead atoms. The molecule has 176 valence electrons. The molecule has 2 aliphatic heterocycles. The zero-order valence-electron chi connectivity index (χ0n) is 18.5. The molecule has 0 aliphatic carbocycles. The number of hydrogen-bond donors (Lipinski definition) is 0. The normalized spacial score (nSPS) is 18.6. The Morgan fingerprint density at radius 3 is 2.41 bits per heavy atom. The first-order valence-electron chi connectivity index (χ1n) is 10.8. The van der Waals surface area contributed by atoms with E-state index in [4.69, 9.17) is 0 Å². The Labute approximate surface area is 198 Å². The van der Waals surface area contributed by atoms with Gasteiger partial charge in [0.05, 0.1) is 6.04 Å². The number of carbonyl (C=O) groups excluding carboxylic acids is 1. The number of carbonyl (C=O) groups is 1. The largest absolute Gasteiger partial charge is 0.408 e. The Balaban J connectivity index is 1.77. The minimum atomic E-state index is -4.61. The van der Waals surface area contributed by atoms with Crippen molar-refractivity contribution in [2.75, 3.05) is 11.7 Å². The molecule has 0 N–H and O–H groups in total. The molecule has 0 unspecified atom stereocenters. The highest BCUT2D eigenvalue weighted by Gasteiger charge is 2.47. The fourth-order valence-corrected chi connectivity index (χ4v) is 5.71. The maximum Gasteiger partial charge on any atom is 0.408 e.